The van der Waals surface area contributed by atoms with E-state index in [-0.39, 0.29) is 5.56 Å². The molecule has 0 aromatic carbocycles. The topological polar surface area (TPSA) is 76.5 Å². The van der Waals surface area contributed by atoms with Gasteiger partial charge in [0.2, 0.25) is 0 Å². The number of hydrogen-bond acceptors (Lipinski definition) is 4. The Morgan fingerprint density at radius 1 is 1.26 bits per heavy atom. The van der Waals surface area contributed by atoms with Crippen molar-refractivity contribution in [3.05, 3.63) is 40.6 Å². The zero-order valence-electron chi connectivity index (χ0n) is 13.3. The summed E-state index contributed by atoms with van der Waals surface area (Å²) in [6.07, 6.45) is 6.89. The van der Waals surface area contributed by atoms with E-state index >= 15 is 0 Å². The largest absolute Gasteiger partial charge is 0.306 e. The van der Waals surface area contributed by atoms with Crippen LogP contribution >= 0.6 is 0 Å². The summed E-state index contributed by atoms with van der Waals surface area (Å²) in [5.74, 6) is 1.12. The van der Waals surface area contributed by atoms with Gasteiger partial charge in [-0.1, -0.05) is 13.3 Å². The highest BCUT2D eigenvalue weighted by molar-refractivity contribution is 5.79. The van der Waals surface area contributed by atoms with Gasteiger partial charge in [0.1, 0.15) is 11.2 Å². The molecule has 1 N–H and O–H groups in total. The van der Waals surface area contributed by atoms with Crippen molar-refractivity contribution in [2.24, 2.45) is 5.92 Å². The standard InChI is InChI=1S/C17H19N5O/c1-10-4-3-5-13(10)22-16-14(11(2)21-22)17(23)20-15(19-16)12-6-8-18-9-7-12/h6-10,13H,3-5H2,1-2H3,(H,19,20,23). The van der Waals surface area contributed by atoms with E-state index < -0.39 is 0 Å². The van der Waals surface area contributed by atoms with Crippen molar-refractivity contribution in [1.82, 2.24) is 24.7 Å². The van der Waals surface area contributed by atoms with E-state index in [4.69, 9.17) is 4.98 Å². The molecule has 6 nitrogen and oxygen atoms in total. The summed E-state index contributed by atoms with van der Waals surface area (Å²) >= 11 is 0. The van der Waals surface area contributed by atoms with Gasteiger partial charge in [0.15, 0.2) is 5.65 Å². The number of aromatic amines is 1. The first-order valence-corrected chi connectivity index (χ1v) is 8.04. The third kappa shape index (κ3) is 2.25. The van der Waals surface area contributed by atoms with Gasteiger partial charge in [0.05, 0.1) is 11.7 Å². The van der Waals surface area contributed by atoms with Gasteiger partial charge in [-0.15, -0.1) is 0 Å². The summed E-state index contributed by atoms with van der Waals surface area (Å²) in [6, 6.07) is 4.01. The van der Waals surface area contributed by atoms with Gasteiger partial charge < -0.3 is 4.98 Å². The van der Waals surface area contributed by atoms with Gasteiger partial charge in [0, 0.05) is 18.0 Å². The van der Waals surface area contributed by atoms with Crippen molar-refractivity contribution in [2.75, 3.05) is 0 Å². The number of rotatable bonds is 2. The third-order valence-corrected chi connectivity index (χ3v) is 4.82. The number of H-pyrrole nitrogens is 1. The second-order valence-electron chi connectivity index (χ2n) is 6.35. The molecule has 3 heterocycles. The molecule has 1 aliphatic rings. The summed E-state index contributed by atoms with van der Waals surface area (Å²) in [5, 5.41) is 5.24. The van der Waals surface area contributed by atoms with E-state index in [0.717, 1.165) is 17.7 Å². The highest BCUT2D eigenvalue weighted by Crippen LogP contribution is 2.36. The third-order valence-electron chi connectivity index (χ3n) is 4.82. The van der Waals surface area contributed by atoms with Crippen LogP contribution in [0.1, 0.15) is 37.9 Å². The summed E-state index contributed by atoms with van der Waals surface area (Å²) in [4.78, 5) is 24.1. The number of nitrogens with zero attached hydrogens (tertiary/aromatic N) is 4. The maximum atomic E-state index is 12.5. The van der Waals surface area contributed by atoms with Gasteiger partial charge >= 0.3 is 0 Å². The van der Waals surface area contributed by atoms with Crippen LogP contribution in [0, 0.1) is 12.8 Å². The predicted octanol–water partition coefficient (Wildman–Crippen LogP) is 2.85. The highest BCUT2D eigenvalue weighted by Gasteiger charge is 2.28. The van der Waals surface area contributed by atoms with Gasteiger partial charge in [-0.05, 0) is 37.8 Å². The molecule has 2 unspecified atom stereocenters. The van der Waals surface area contributed by atoms with Crippen molar-refractivity contribution in [3.8, 4) is 11.4 Å². The number of fused-ring (bicyclic) bond motifs is 1. The zero-order chi connectivity index (χ0) is 16.0. The molecule has 6 heteroatoms. The predicted molar refractivity (Wildman–Crippen MR) is 88.2 cm³/mol. The van der Waals surface area contributed by atoms with Gasteiger partial charge in [-0.2, -0.15) is 5.10 Å². The second-order valence-corrected chi connectivity index (χ2v) is 6.35. The Kier molecular flexibility index (Phi) is 3.25. The van der Waals surface area contributed by atoms with Crippen LogP contribution in [0.25, 0.3) is 22.4 Å². The number of aryl methyl sites for hydroxylation is 1. The molecule has 118 valence electrons. The smallest absolute Gasteiger partial charge is 0.262 e. The van der Waals surface area contributed by atoms with Crippen LogP contribution < -0.4 is 5.56 Å². The molecule has 2 atom stereocenters. The van der Waals surface area contributed by atoms with Crippen LogP contribution in [0.3, 0.4) is 0 Å². The van der Waals surface area contributed by atoms with E-state index in [1.807, 2.05) is 23.7 Å². The molecule has 0 radical (unpaired) electrons. The van der Waals surface area contributed by atoms with Crippen molar-refractivity contribution in [3.63, 3.8) is 0 Å². The fourth-order valence-electron chi connectivity index (χ4n) is 3.58. The molecule has 0 saturated heterocycles. The average Bonchev–Trinajstić information content (AvgIpc) is 3.11. The molecule has 0 bridgehead atoms. The summed E-state index contributed by atoms with van der Waals surface area (Å²) in [7, 11) is 0. The highest BCUT2D eigenvalue weighted by atomic mass is 16.1. The van der Waals surface area contributed by atoms with E-state index in [1.54, 1.807) is 12.4 Å². The Hall–Kier alpha value is -2.50. The Balaban J connectivity index is 1.95. The fraction of sp³-hybridized carbons (Fsp3) is 0.412. The van der Waals surface area contributed by atoms with Gasteiger partial charge in [-0.3, -0.25) is 9.78 Å². The number of aromatic nitrogens is 5. The van der Waals surface area contributed by atoms with Crippen LogP contribution in [-0.4, -0.2) is 24.7 Å². The molecule has 1 fully saturated rings. The molecular weight excluding hydrogens is 290 g/mol. The second kappa shape index (κ2) is 5.30. The van der Waals surface area contributed by atoms with Crippen molar-refractivity contribution >= 4 is 11.0 Å². The minimum Gasteiger partial charge on any atom is -0.306 e. The molecule has 0 spiro atoms. The van der Waals surface area contributed by atoms with Crippen LogP contribution in [0.5, 0.6) is 0 Å². The van der Waals surface area contributed by atoms with E-state index in [0.29, 0.717) is 28.8 Å². The summed E-state index contributed by atoms with van der Waals surface area (Å²) in [6.45, 7) is 4.12. The van der Waals surface area contributed by atoms with Crippen molar-refractivity contribution in [1.29, 1.82) is 0 Å². The molecule has 3 aromatic heterocycles. The first kappa shape index (κ1) is 14.1. The lowest BCUT2D eigenvalue weighted by atomic mass is 10.1. The fourth-order valence-corrected chi connectivity index (χ4v) is 3.58. The molecule has 0 amide bonds. The minimum atomic E-state index is -0.129. The van der Waals surface area contributed by atoms with E-state index in [1.165, 1.54) is 12.8 Å². The lowest BCUT2D eigenvalue weighted by Gasteiger charge is -2.16. The Bertz CT molecular complexity index is 912. The SMILES string of the molecule is Cc1nn(C2CCCC2C)c2nc(-c3ccncc3)[nH]c(=O)c12. The quantitative estimate of drug-likeness (QED) is 0.789. The normalized spacial score (nSPS) is 21.1. The summed E-state index contributed by atoms with van der Waals surface area (Å²) < 4.78 is 1.97. The maximum absolute atomic E-state index is 12.5. The zero-order valence-corrected chi connectivity index (χ0v) is 13.3. The van der Waals surface area contributed by atoms with Gasteiger partial charge in [-0.25, -0.2) is 9.67 Å². The van der Waals surface area contributed by atoms with Crippen LogP contribution in [-0.2, 0) is 0 Å². The average molecular weight is 309 g/mol. The van der Waals surface area contributed by atoms with Crippen LogP contribution in [0.15, 0.2) is 29.3 Å². The Labute approximate surface area is 133 Å². The molecule has 1 aliphatic carbocycles. The number of nitrogens with one attached hydrogen (secondary N) is 1. The van der Waals surface area contributed by atoms with Crippen LogP contribution in [0.4, 0.5) is 0 Å². The Morgan fingerprint density at radius 2 is 2.04 bits per heavy atom. The molecular formula is C17H19N5O. The lowest BCUT2D eigenvalue weighted by molar-refractivity contribution is 0.381. The first-order valence-electron chi connectivity index (χ1n) is 8.04. The maximum Gasteiger partial charge on any atom is 0.262 e. The first-order chi connectivity index (χ1) is 11.1. The molecule has 0 aliphatic heterocycles. The molecule has 3 aromatic rings. The van der Waals surface area contributed by atoms with Crippen molar-refractivity contribution in [2.45, 2.75) is 39.2 Å². The molecule has 1 saturated carbocycles. The lowest BCUT2D eigenvalue weighted by Crippen LogP contribution is -2.15. The van der Waals surface area contributed by atoms with Crippen molar-refractivity contribution < 1.29 is 0 Å². The summed E-state index contributed by atoms with van der Waals surface area (Å²) in [5.41, 5.74) is 2.16. The van der Waals surface area contributed by atoms with E-state index in [9.17, 15) is 4.79 Å². The monoisotopic (exact) mass is 309 g/mol. The van der Waals surface area contributed by atoms with Gasteiger partial charge in [0.25, 0.3) is 5.56 Å². The Morgan fingerprint density at radius 3 is 2.74 bits per heavy atom. The molecule has 23 heavy (non-hydrogen) atoms. The number of pyridine rings is 1. The van der Waals surface area contributed by atoms with E-state index in [2.05, 4.69) is 22.0 Å². The minimum absolute atomic E-state index is 0.129. The molecule has 4 rings (SSSR count). The van der Waals surface area contributed by atoms with Crippen LogP contribution in [0.2, 0.25) is 0 Å². The number of hydrogen-bond donors (Lipinski definition) is 1.